The van der Waals surface area contributed by atoms with Crippen LogP contribution < -0.4 is 0 Å². The number of rotatable bonds is 2. The Morgan fingerprint density at radius 2 is 1.52 bits per heavy atom. The maximum absolute atomic E-state index is 10.8. The van der Waals surface area contributed by atoms with E-state index >= 15 is 0 Å². The molecular formula is C30H50O3. The molecule has 0 aromatic heterocycles. The number of fused-ring (bicyclic) bond motifs is 4. The zero-order valence-corrected chi connectivity index (χ0v) is 22.6. The van der Waals surface area contributed by atoms with Crippen LogP contribution in [-0.4, -0.2) is 34.1 Å². The predicted octanol–water partition coefficient (Wildman–Crippen LogP) is 6.66. The third kappa shape index (κ3) is 3.10. The quantitative estimate of drug-likeness (QED) is 0.455. The molecule has 0 unspecified atom stereocenters. The van der Waals surface area contributed by atoms with E-state index < -0.39 is 5.60 Å². The van der Waals surface area contributed by atoms with E-state index in [-0.39, 0.29) is 34.6 Å². The molecule has 188 valence electrons. The number of hydrogen-bond donors (Lipinski definition) is 2. The van der Waals surface area contributed by atoms with Gasteiger partial charge in [-0.1, -0.05) is 52.7 Å². The van der Waals surface area contributed by atoms with E-state index in [9.17, 15) is 10.2 Å². The van der Waals surface area contributed by atoms with Gasteiger partial charge in [-0.3, -0.25) is 0 Å². The molecule has 33 heavy (non-hydrogen) atoms. The molecule has 0 amide bonds. The summed E-state index contributed by atoms with van der Waals surface area (Å²) in [5.74, 6) is 1.72. The van der Waals surface area contributed by atoms with Crippen molar-refractivity contribution >= 4 is 0 Å². The highest BCUT2D eigenvalue weighted by Gasteiger charge is 2.64. The van der Waals surface area contributed by atoms with Crippen LogP contribution in [-0.2, 0) is 4.74 Å². The lowest BCUT2D eigenvalue weighted by Gasteiger charge is -2.62. The van der Waals surface area contributed by atoms with Crippen LogP contribution in [0.3, 0.4) is 0 Å². The number of hydrogen-bond acceptors (Lipinski definition) is 3. The maximum atomic E-state index is 10.8. The van der Waals surface area contributed by atoms with Gasteiger partial charge in [0.15, 0.2) is 0 Å². The number of aliphatic hydroxyl groups excluding tert-OH is 2. The molecule has 1 aliphatic heterocycles. The fourth-order valence-corrected chi connectivity index (χ4v) is 10.2. The van der Waals surface area contributed by atoms with Crippen LogP contribution in [0.25, 0.3) is 0 Å². The first-order chi connectivity index (χ1) is 15.2. The minimum absolute atomic E-state index is 0.00730. The third-order valence-electron chi connectivity index (χ3n) is 12.7. The molecule has 5 aliphatic rings. The molecule has 3 heteroatoms. The van der Waals surface area contributed by atoms with Gasteiger partial charge in [0.2, 0.25) is 0 Å². The highest BCUT2D eigenvalue weighted by Crippen LogP contribution is 2.72. The molecule has 4 aliphatic carbocycles. The van der Waals surface area contributed by atoms with Crippen LogP contribution in [0.15, 0.2) is 11.1 Å². The van der Waals surface area contributed by atoms with Crippen molar-refractivity contribution in [3.8, 4) is 0 Å². The topological polar surface area (TPSA) is 49.7 Å². The van der Waals surface area contributed by atoms with Gasteiger partial charge in [0, 0.05) is 6.42 Å². The van der Waals surface area contributed by atoms with Crippen LogP contribution in [0.4, 0.5) is 0 Å². The molecule has 5 rings (SSSR count). The molecule has 1 heterocycles. The second kappa shape index (κ2) is 7.32. The summed E-state index contributed by atoms with van der Waals surface area (Å²) in [6.45, 7) is 18.9. The summed E-state index contributed by atoms with van der Waals surface area (Å²) < 4.78 is 6.43. The lowest BCUT2D eigenvalue weighted by molar-refractivity contribution is -0.101. The maximum Gasteiger partial charge on any atom is 0.0889 e. The highest BCUT2D eigenvalue weighted by molar-refractivity contribution is 5.38. The lowest BCUT2D eigenvalue weighted by Crippen LogP contribution is -2.55. The molecule has 0 aromatic rings. The van der Waals surface area contributed by atoms with Gasteiger partial charge >= 0.3 is 0 Å². The fourth-order valence-electron chi connectivity index (χ4n) is 10.2. The third-order valence-corrected chi connectivity index (χ3v) is 12.7. The Morgan fingerprint density at radius 1 is 0.818 bits per heavy atom. The Labute approximate surface area is 202 Å². The van der Waals surface area contributed by atoms with Gasteiger partial charge < -0.3 is 14.9 Å². The van der Waals surface area contributed by atoms with E-state index in [1.54, 1.807) is 5.57 Å². The van der Waals surface area contributed by atoms with Crippen molar-refractivity contribution in [1.29, 1.82) is 0 Å². The van der Waals surface area contributed by atoms with Gasteiger partial charge in [-0.15, -0.1) is 0 Å². The standard InChI is InChI=1S/C30H50O3/c1-18(22-17-25(32)27(4,5)33-22)19-11-15-30(8)21-9-10-23-26(2,3)24(31)13-14-28(23,6)20(21)12-16-29(19,30)7/h18-19,22-25,31-32H,9-17H2,1-8H3/t18-,19+,22+,23-,24-,25-,28+,29+,30-/m0/s1. The largest absolute Gasteiger partial charge is 0.393 e. The van der Waals surface area contributed by atoms with E-state index in [1.807, 2.05) is 19.4 Å². The Bertz CT molecular complexity index is 841. The molecule has 2 N–H and O–H groups in total. The summed E-state index contributed by atoms with van der Waals surface area (Å²) >= 11 is 0. The van der Waals surface area contributed by atoms with Crippen LogP contribution in [0, 0.1) is 39.4 Å². The summed E-state index contributed by atoms with van der Waals surface area (Å²) in [7, 11) is 0. The molecule has 3 nitrogen and oxygen atoms in total. The Balaban J connectivity index is 1.47. The minimum Gasteiger partial charge on any atom is -0.393 e. The van der Waals surface area contributed by atoms with Crippen LogP contribution in [0.2, 0.25) is 0 Å². The summed E-state index contributed by atoms with van der Waals surface area (Å²) in [5.41, 5.74) is 4.03. The molecule has 3 fully saturated rings. The van der Waals surface area contributed by atoms with E-state index in [0.717, 1.165) is 19.3 Å². The second-order valence-corrected chi connectivity index (χ2v) is 14.6. The van der Waals surface area contributed by atoms with Crippen molar-refractivity contribution in [2.75, 3.05) is 0 Å². The van der Waals surface area contributed by atoms with Gasteiger partial charge in [0.05, 0.1) is 23.9 Å². The molecule has 0 aromatic carbocycles. The van der Waals surface area contributed by atoms with Crippen molar-refractivity contribution in [2.24, 2.45) is 39.4 Å². The van der Waals surface area contributed by atoms with Gasteiger partial charge in [-0.05, 0) is 105 Å². The predicted molar refractivity (Wildman–Crippen MR) is 134 cm³/mol. The van der Waals surface area contributed by atoms with Crippen LogP contribution >= 0.6 is 0 Å². The van der Waals surface area contributed by atoms with Crippen molar-refractivity contribution < 1.29 is 14.9 Å². The SMILES string of the molecule is C[C@@H]([C@H]1CC[C@@]2(C)C3=C(CC[C@]12C)[C@@]1(C)CC[C@H](O)C(C)(C)[C@@H]1CC3)[C@H]1C[C@H](O)C(C)(C)O1. The van der Waals surface area contributed by atoms with E-state index in [0.29, 0.717) is 23.2 Å². The van der Waals surface area contributed by atoms with E-state index in [1.165, 1.54) is 38.5 Å². The van der Waals surface area contributed by atoms with Crippen molar-refractivity contribution in [1.82, 2.24) is 0 Å². The molecule has 9 atom stereocenters. The monoisotopic (exact) mass is 458 g/mol. The van der Waals surface area contributed by atoms with Crippen LogP contribution in [0.5, 0.6) is 0 Å². The summed E-state index contributed by atoms with van der Waals surface area (Å²) in [4.78, 5) is 0. The minimum atomic E-state index is -0.421. The zero-order valence-electron chi connectivity index (χ0n) is 22.6. The Hall–Kier alpha value is -0.380. The van der Waals surface area contributed by atoms with Crippen molar-refractivity contribution in [3.63, 3.8) is 0 Å². The number of ether oxygens (including phenoxy) is 1. The zero-order chi connectivity index (χ0) is 24.2. The number of aliphatic hydroxyl groups is 2. The molecular weight excluding hydrogens is 408 g/mol. The summed E-state index contributed by atoms with van der Waals surface area (Å²) in [6, 6.07) is 0. The first-order valence-corrected chi connectivity index (χ1v) is 14.0. The first kappa shape index (κ1) is 24.3. The Morgan fingerprint density at radius 3 is 2.15 bits per heavy atom. The van der Waals surface area contributed by atoms with Gasteiger partial charge in [-0.25, -0.2) is 0 Å². The Kier molecular flexibility index (Phi) is 5.40. The van der Waals surface area contributed by atoms with Crippen molar-refractivity contribution in [3.05, 3.63) is 11.1 Å². The molecule has 1 saturated heterocycles. The normalized spacial score (nSPS) is 51.6. The van der Waals surface area contributed by atoms with Gasteiger partial charge in [-0.2, -0.15) is 0 Å². The van der Waals surface area contributed by atoms with E-state index in [4.69, 9.17) is 4.74 Å². The van der Waals surface area contributed by atoms with Gasteiger partial charge in [0.25, 0.3) is 0 Å². The van der Waals surface area contributed by atoms with E-state index in [2.05, 4.69) is 41.5 Å². The second-order valence-electron chi connectivity index (χ2n) is 14.6. The average molecular weight is 459 g/mol. The molecule has 0 bridgehead atoms. The lowest BCUT2D eigenvalue weighted by atomic mass is 9.43. The first-order valence-electron chi connectivity index (χ1n) is 14.0. The average Bonchev–Trinajstić information content (AvgIpc) is 3.17. The summed E-state index contributed by atoms with van der Waals surface area (Å²) in [6.07, 6.45) is 10.1. The van der Waals surface area contributed by atoms with Crippen LogP contribution in [0.1, 0.15) is 113 Å². The van der Waals surface area contributed by atoms with Gasteiger partial charge in [0.1, 0.15) is 0 Å². The number of allylic oxidation sites excluding steroid dienone is 2. The molecule has 0 spiro atoms. The fraction of sp³-hybridized carbons (Fsp3) is 0.933. The molecule has 2 saturated carbocycles. The summed E-state index contributed by atoms with van der Waals surface area (Å²) in [5, 5.41) is 21.4. The van der Waals surface area contributed by atoms with Crippen molar-refractivity contribution in [2.45, 2.75) is 137 Å². The highest BCUT2D eigenvalue weighted by atomic mass is 16.5. The molecule has 0 radical (unpaired) electrons. The smallest absolute Gasteiger partial charge is 0.0889 e.